The summed E-state index contributed by atoms with van der Waals surface area (Å²) in [6.07, 6.45) is 2.28. The van der Waals surface area contributed by atoms with Gasteiger partial charge >= 0.3 is 5.97 Å². The number of nitrogens with zero attached hydrogens (tertiary/aromatic N) is 3. The van der Waals surface area contributed by atoms with Crippen LogP contribution in [0.5, 0.6) is 0 Å². The van der Waals surface area contributed by atoms with E-state index in [2.05, 4.69) is 15.6 Å². The Hall–Kier alpha value is -1.57. The fourth-order valence-corrected chi connectivity index (χ4v) is 2.91. The SMILES string of the molecule is O=C(O)c1cn(CCNC(=O)C2CCSC2)nn1. The Morgan fingerprint density at radius 3 is 3.06 bits per heavy atom. The van der Waals surface area contributed by atoms with E-state index in [0.717, 1.165) is 17.9 Å². The van der Waals surface area contributed by atoms with Gasteiger partial charge in [0.1, 0.15) is 0 Å². The number of nitrogens with one attached hydrogen (secondary N) is 1. The summed E-state index contributed by atoms with van der Waals surface area (Å²) in [6, 6.07) is 0. The number of amides is 1. The van der Waals surface area contributed by atoms with Crippen LogP contribution in [-0.4, -0.2) is 50.0 Å². The van der Waals surface area contributed by atoms with E-state index in [4.69, 9.17) is 5.11 Å². The number of carboxylic acid groups (broad SMARTS) is 1. The van der Waals surface area contributed by atoms with Crippen molar-refractivity contribution in [3.05, 3.63) is 11.9 Å². The fourth-order valence-electron chi connectivity index (χ4n) is 1.68. The molecule has 18 heavy (non-hydrogen) atoms. The third-order valence-corrected chi connectivity index (χ3v) is 3.86. The first kappa shape index (κ1) is 12.9. The Bertz CT molecular complexity index is 442. The number of aromatic nitrogens is 3. The van der Waals surface area contributed by atoms with Crippen LogP contribution in [0.1, 0.15) is 16.9 Å². The monoisotopic (exact) mass is 270 g/mol. The zero-order valence-corrected chi connectivity index (χ0v) is 10.5. The molecule has 0 spiro atoms. The summed E-state index contributed by atoms with van der Waals surface area (Å²) >= 11 is 1.79. The summed E-state index contributed by atoms with van der Waals surface area (Å²) in [7, 11) is 0. The van der Waals surface area contributed by atoms with E-state index >= 15 is 0 Å². The highest BCUT2D eigenvalue weighted by atomic mass is 32.2. The second-order valence-corrected chi connectivity index (χ2v) is 5.17. The molecule has 0 radical (unpaired) electrons. The molecule has 1 aliphatic heterocycles. The van der Waals surface area contributed by atoms with E-state index in [1.807, 2.05) is 0 Å². The molecule has 1 aromatic rings. The topological polar surface area (TPSA) is 97.1 Å². The smallest absolute Gasteiger partial charge is 0.358 e. The minimum Gasteiger partial charge on any atom is -0.476 e. The third-order valence-electron chi connectivity index (χ3n) is 2.70. The summed E-state index contributed by atoms with van der Waals surface area (Å²) in [5.41, 5.74) is -0.0893. The Morgan fingerprint density at radius 1 is 1.61 bits per heavy atom. The van der Waals surface area contributed by atoms with Gasteiger partial charge in [-0.15, -0.1) is 5.10 Å². The molecule has 0 aliphatic carbocycles. The number of carbonyl (C=O) groups is 2. The minimum absolute atomic E-state index is 0.0681. The number of hydrogen-bond donors (Lipinski definition) is 2. The van der Waals surface area contributed by atoms with E-state index < -0.39 is 5.97 Å². The quantitative estimate of drug-likeness (QED) is 0.772. The van der Waals surface area contributed by atoms with Gasteiger partial charge in [0.25, 0.3) is 0 Å². The van der Waals surface area contributed by atoms with Gasteiger partial charge in [-0.05, 0) is 12.2 Å². The molecule has 8 heteroatoms. The first-order chi connectivity index (χ1) is 8.66. The molecule has 2 rings (SSSR count). The third kappa shape index (κ3) is 3.22. The lowest BCUT2D eigenvalue weighted by Gasteiger charge is -2.09. The predicted molar refractivity (Wildman–Crippen MR) is 65.4 cm³/mol. The van der Waals surface area contributed by atoms with Crippen LogP contribution < -0.4 is 5.32 Å². The van der Waals surface area contributed by atoms with Gasteiger partial charge in [0.05, 0.1) is 12.7 Å². The molecule has 1 saturated heterocycles. The molecule has 1 unspecified atom stereocenters. The van der Waals surface area contributed by atoms with Crippen molar-refractivity contribution in [3.8, 4) is 0 Å². The molecule has 2 N–H and O–H groups in total. The molecule has 0 bridgehead atoms. The van der Waals surface area contributed by atoms with Gasteiger partial charge < -0.3 is 10.4 Å². The molecule has 0 aromatic carbocycles. The van der Waals surface area contributed by atoms with E-state index in [1.54, 1.807) is 11.8 Å². The maximum absolute atomic E-state index is 11.7. The maximum Gasteiger partial charge on any atom is 0.358 e. The van der Waals surface area contributed by atoms with Crippen LogP contribution in [0, 0.1) is 5.92 Å². The van der Waals surface area contributed by atoms with Crippen molar-refractivity contribution in [3.63, 3.8) is 0 Å². The fraction of sp³-hybridized carbons (Fsp3) is 0.600. The molecular weight excluding hydrogens is 256 g/mol. The van der Waals surface area contributed by atoms with Crippen LogP contribution in [0.3, 0.4) is 0 Å². The zero-order chi connectivity index (χ0) is 13.0. The van der Waals surface area contributed by atoms with Gasteiger partial charge in [0.2, 0.25) is 5.91 Å². The van der Waals surface area contributed by atoms with Crippen molar-refractivity contribution in [2.75, 3.05) is 18.1 Å². The van der Waals surface area contributed by atoms with E-state index in [9.17, 15) is 9.59 Å². The van der Waals surface area contributed by atoms with Gasteiger partial charge in [-0.3, -0.25) is 4.79 Å². The van der Waals surface area contributed by atoms with E-state index in [0.29, 0.717) is 13.1 Å². The van der Waals surface area contributed by atoms with Gasteiger partial charge in [0, 0.05) is 18.2 Å². The van der Waals surface area contributed by atoms with Crippen LogP contribution in [0.2, 0.25) is 0 Å². The lowest BCUT2D eigenvalue weighted by Crippen LogP contribution is -2.33. The average molecular weight is 270 g/mol. The molecule has 1 amide bonds. The van der Waals surface area contributed by atoms with Crippen molar-refractivity contribution >= 4 is 23.6 Å². The standard InChI is InChI=1S/C10H14N4O3S/c15-9(7-1-4-18-6-7)11-2-3-14-5-8(10(16)17)12-13-14/h5,7H,1-4,6H2,(H,11,15)(H,16,17). The summed E-state index contributed by atoms with van der Waals surface area (Å²) < 4.78 is 1.41. The molecule has 1 atom stereocenters. The lowest BCUT2D eigenvalue weighted by atomic mass is 10.1. The van der Waals surface area contributed by atoms with Gasteiger partial charge in [-0.1, -0.05) is 5.21 Å². The molecule has 98 valence electrons. The largest absolute Gasteiger partial charge is 0.476 e. The molecule has 1 fully saturated rings. The molecular formula is C10H14N4O3S. The summed E-state index contributed by atoms with van der Waals surface area (Å²) in [6.45, 7) is 0.855. The van der Waals surface area contributed by atoms with Crippen LogP contribution >= 0.6 is 11.8 Å². The van der Waals surface area contributed by atoms with Crippen molar-refractivity contribution in [1.82, 2.24) is 20.3 Å². The Kier molecular flexibility index (Phi) is 4.19. The first-order valence-corrected chi connectivity index (χ1v) is 6.81. The maximum atomic E-state index is 11.7. The molecule has 1 aromatic heterocycles. The number of carbonyl (C=O) groups excluding carboxylic acids is 1. The number of hydrogen-bond acceptors (Lipinski definition) is 5. The van der Waals surface area contributed by atoms with Crippen molar-refractivity contribution in [2.45, 2.75) is 13.0 Å². The second-order valence-electron chi connectivity index (χ2n) is 4.02. The van der Waals surface area contributed by atoms with Gasteiger partial charge in [-0.25, -0.2) is 9.48 Å². The average Bonchev–Trinajstić information content (AvgIpc) is 3.00. The highest BCUT2D eigenvalue weighted by molar-refractivity contribution is 7.99. The Labute approximate surface area is 108 Å². The molecule has 0 saturated carbocycles. The number of rotatable bonds is 5. The van der Waals surface area contributed by atoms with Crippen LogP contribution in [0.4, 0.5) is 0 Å². The van der Waals surface area contributed by atoms with Gasteiger partial charge in [-0.2, -0.15) is 11.8 Å². The predicted octanol–water partition coefficient (Wildman–Crippen LogP) is -0.154. The highest BCUT2D eigenvalue weighted by Gasteiger charge is 2.22. The van der Waals surface area contributed by atoms with Crippen molar-refractivity contribution in [1.29, 1.82) is 0 Å². The van der Waals surface area contributed by atoms with E-state index in [-0.39, 0.29) is 17.5 Å². The zero-order valence-electron chi connectivity index (χ0n) is 9.70. The molecule has 1 aliphatic rings. The Morgan fingerprint density at radius 2 is 2.44 bits per heavy atom. The van der Waals surface area contributed by atoms with Crippen LogP contribution in [0.15, 0.2) is 6.20 Å². The number of aromatic carboxylic acids is 1. The minimum atomic E-state index is -1.10. The Balaban J connectivity index is 1.74. The van der Waals surface area contributed by atoms with Crippen molar-refractivity contribution < 1.29 is 14.7 Å². The summed E-state index contributed by atoms with van der Waals surface area (Å²) in [4.78, 5) is 22.3. The summed E-state index contributed by atoms with van der Waals surface area (Å²) in [5.74, 6) is 1.01. The number of carboxylic acids is 1. The van der Waals surface area contributed by atoms with Crippen LogP contribution in [-0.2, 0) is 11.3 Å². The van der Waals surface area contributed by atoms with Gasteiger partial charge in [0.15, 0.2) is 5.69 Å². The lowest BCUT2D eigenvalue weighted by molar-refractivity contribution is -0.124. The summed E-state index contributed by atoms with van der Waals surface area (Å²) in [5, 5.41) is 18.6. The second kappa shape index (κ2) is 5.85. The first-order valence-electron chi connectivity index (χ1n) is 5.65. The highest BCUT2D eigenvalue weighted by Crippen LogP contribution is 2.23. The van der Waals surface area contributed by atoms with Crippen LogP contribution in [0.25, 0.3) is 0 Å². The number of thioether (sulfide) groups is 1. The molecule has 7 nitrogen and oxygen atoms in total. The van der Waals surface area contributed by atoms with Crippen molar-refractivity contribution in [2.24, 2.45) is 5.92 Å². The van der Waals surface area contributed by atoms with E-state index in [1.165, 1.54) is 10.9 Å². The molecule has 2 heterocycles. The normalized spacial score (nSPS) is 18.8.